The summed E-state index contributed by atoms with van der Waals surface area (Å²) in [6, 6.07) is 9.66. The van der Waals surface area contributed by atoms with Crippen LogP contribution in [0.15, 0.2) is 41.7 Å². The lowest BCUT2D eigenvalue weighted by molar-refractivity contribution is -0.119. The lowest BCUT2D eigenvalue weighted by atomic mass is 10.2. The Kier molecular flexibility index (Phi) is 5.45. The second-order valence-corrected chi connectivity index (χ2v) is 8.13. The number of hydrogen-bond donors (Lipinski definition) is 1. The average Bonchev–Trinajstić information content (AvgIpc) is 3.14. The maximum atomic E-state index is 12.2. The Hall–Kier alpha value is -2.32. The van der Waals surface area contributed by atoms with Gasteiger partial charge in [-0.2, -0.15) is 0 Å². The minimum Gasteiger partial charge on any atom is -0.486 e. The summed E-state index contributed by atoms with van der Waals surface area (Å²) in [5.74, 6) is 1.70. The molecule has 3 aromatic rings. The monoisotopic (exact) mass is 401 g/mol. The van der Waals surface area contributed by atoms with Crippen LogP contribution in [-0.4, -0.2) is 40.9 Å². The number of amides is 1. The number of rotatable bonds is 6. The third-order valence-corrected chi connectivity index (χ3v) is 6.32. The van der Waals surface area contributed by atoms with Gasteiger partial charge in [-0.15, -0.1) is 11.3 Å². The van der Waals surface area contributed by atoms with Crippen molar-refractivity contribution in [2.24, 2.45) is 0 Å². The quantitative estimate of drug-likeness (QED) is 0.505. The Morgan fingerprint density at radius 3 is 3.04 bits per heavy atom. The number of aryl methyl sites for hydroxylation is 1. The first-order valence-electron chi connectivity index (χ1n) is 8.74. The Bertz CT molecular complexity index is 960. The lowest BCUT2D eigenvalue weighted by Crippen LogP contribution is -2.41. The molecule has 1 amide bonds. The first-order chi connectivity index (χ1) is 13.2. The highest BCUT2D eigenvalue weighted by atomic mass is 32.2. The number of para-hydroxylation sites is 2. The summed E-state index contributed by atoms with van der Waals surface area (Å²) >= 11 is 3.10. The van der Waals surface area contributed by atoms with Gasteiger partial charge in [0.05, 0.1) is 12.3 Å². The van der Waals surface area contributed by atoms with Crippen LogP contribution >= 0.6 is 23.1 Å². The SMILES string of the molecule is CCc1cc2c(SCC(=O)NC[C@@H]3COc4ccccc4O3)ncnc2s1. The zero-order valence-corrected chi connectivity index (χ0v) is 16.4. The van der Waals surface area contributed by atoms with Crippen molar-refractivity contribution in [3.63, 3.8) is 0 Å². The van der Waals surface area contributed by atoms with Crippen molar-refractivity contribution in [2.75, 3.05) is 18.9 Å². The van der Waals surface area contributed by atoms with Gasteiger partial charge >= 0.3 is 0 Å². The molecule has 1 atom stereocenters. The average molecular weight is 402 g/mol. The maximum absolute atomic E-state index is 12.2. The fraction of sp³-hybridized carbons (Fsp3) is 0.316. The van der Waals surface area contributed by atoms with E-state index in [1.54, 1.807) is 17.7 Å². The van der Waals surface area contributed by atoms with Crippen LogP contribution in [0.1, 0.15) is 11.8 Å². The van der Waals surface area contributed by atoms with E-state index in [1.165, 1.54) is 16.6 Å². The molecule has 0 unspecified atom stereocenters. The van der Waals surface area contributed by atoms with E-state index in [4.69, 9.17) is 9.47 Å². The van der Waals surface area contributed by atoms with Crippen molar-refractivity contribution in [1.29, 1.82) is 0 Å². The number of fused-ring (bicyclic) bond motifs is 2. The topological polar surface area (TPSA) is 73.3 Å². The Balaban J connectivity index is 1.30. The van der Waals surface area contributed by atoms with E-state index < -0.39 is 0 Å². The van der Waals surface area contributed by atoms with Crippen LogP contribution in [0.5, 0.6) is 11.5 Å². The number of nitrogens with zero attached hydrogens (tertiary/aromatic N) is 2. The Labute approximate surface area is 165 Å². The highest BCUT2D eigenvalue weighted by Crippen LogP contribution is 2.31. The number of thiophene rings is 1. The zero-order valence-electron chi connectivity index (χ0n) is 14.8. The summed E-state index contributed by atoms with van der Waals surface area (Å²) in [5.41, 5.74) is 0. The second kappa shape index (κ2) is 8.14. The smallest absolute Gasteiger partial charge is 0.230 e. The van der Waals surface area contributed by atoms with E-state index in [-0.39, 0.29) is 12.0 Å². The second-order valence-electron chi connectivity index (χ2n) is 6.05. The Morgan fingerprint density at radius 1 is 1.33 bits per heavy atom. The summed E-state index contributed by atoms with van der Waals surface area (Å²) < 4.78 is 11.5. The number of benzene rings is 1. The molecule has 140 valence electrons. The molecule has 0 bridgehead atoms. The predicted molar refractivity (Wildman–Crippen MR) is 107 cm³/mol. The third-order valence-electron chi connectivity index (χ3n) is 4.13. The number of aromatic nitrogens is 2. The molecule has 4 rings (SSSR count). The molecular weight excluding hydrogens is 382 g/mol. The van der Waals surface area contributed by atoms with E-state index >= 15 is 0 Å². The Morgan fingerprint density at radius 2 is 2.19 bits per heavy atom. The van der Waals surface area contributed by atoms with Crippen LogP contribution in [-0.2, 0) is 11.2 Å². The highest BCUT2D eigenvalue weighted by molar-refractivity contribution is 8.00. The van der Waals surface area contributed by atoms with Crippen LogP contribution in [0, 0.1) is 0 Å². The van der Waals surface area contributed by atoms with Gasteiger partial charge in [-0.05, 0) is 24.6 Å². The van der Waals surface area contributed by atoms with Crippen molar-refractivity contribution in [1.82, 2.24) is 15.3 Å². The van der Waals surface area contributed by atoms with Gasteiger partial charge in [0.1, 0.15) is 28.9 Å². The van der Waals surface area contributed by atoms with Crippen LogP contribution in [0.3, 0.4) is 0 Å². The molecule has 8 heteroatoms. The molecule has 6 nitrogen and oxygen atoms in total. The molecule has 0 fully saturated rings. The number of nitrogens with one attached hydrogen (secondary N) is 1. The molecule has 0 saturated heterocycles. The van der Waals surface area contributed by atoms with Crippen LogP contribution in [0.25, 0.3) is 10.2 Å². The van der Waals surface area contributed by atoms with E-state index in [2.05, 4.69) is 28.3 Å². The molecule has 0 spiro atoms. The molecule has 1 aliphatic rings. The minimum absolute atomic E-state index is 0.0554. The number of carbonyl (C=O) groups excluding carboxylic acids is 1. The maximum Gasteiger partial charge on any atom is 0.230 e. The number of ether oxygens (including phenoxy) is 2. The van der Waals surface area contributed by atoms with Crippen molar-refractivity contribution >= 4 is 39.2 Å². The normalized spacial score (nSPS) is 15.7. The molecule has 1 N–H and O–H groups in total. The lowest BCUT2D eigenvalue weighted by Gasteiger charge is -2.26. The van der Waals surface area contributed by atoms with Gasteiger partial charge in [0.25, 0.3) is 0 Å². The third kappa shape index (κ3) is 4.17. The first-order valence-corrected chi connectivity index (χ1v) is 10.5. The van der Waals surface area contributed by atoms with E-state index in [9.17, 15) is 4.79 Å². The van der Waals surface area contributed by atoms with Crippen molar-refractivity contribution in [3.8, 4) is 11.5 Å². The summed E-state index contributed by atoms with van der Waals surface area (Å²) in [4.78, 5) is 23.1. The van der Waals surface area contributed by atoms with Gasteiger partial charge in [-0.1, -0.05) is 30.8 Å². The van der Waals surface area contributed by atoms with Gasteiger partial charge in [0.15, 0.2) is 11.5 Å². The summed E-state index contributed by atoms with van der Waals surface area (Å²) in [6.07, 6.45) is 2.34. The molecule has 2 aromatic heterocycles. The summed E-state index contributed by atoms with van der Waals surface area (Å²) in [7, 11) is 0. The fourth-order valence-electron chi connectivity index (χ4n) is 2.75. The van der Waals surface area contributed by atoms with Gasteiger partial charge in [0.2, 0.25) is 5.91 Å². The van der Waals surface area contributed by atoms with E-state index in [1.807, 2.05) is 24.3 Å². The van der Waals surface area contributed by atoms with Crippen LogP contribution < -0.4 is 14.8 Å². The number of carbonyl (C=O) groups is 1. The summed E-state index contributed by atoms with van der Waals surface area (Å²) in [6.45, 7) is 2.95. The standard InChI is InChI=1S/C19H19N3O3S2/c1-2-13-7-14-18(21-11-22-19(14)27-13)26-10-17(23)20-8-12-9-24-15-5-3-4-6-16(15)25-12/h3-7,11-12H,2,8-10H2,1H3,(H,20,23)/t12-/m1/s1. The van der Waals surface area contributed by atoms with Crippen molar-refractivity contribution in [2.45, 2.75) is 24.5 Å². The molecule has 1 aliphatic heterocycles. The molecule has 0 saturated carbocycles. The van der Waals surface area contributed by atoms with Crippen LogP contribution in [0.4, 0.5) is 0 Å². The molecule has 0 radical (unpaired) electrons. The van der Waals surface area contributed by atoms with Crippen LogP contribution in [0.2, 0.25) is 0 Å². The van der Waals surface area contributed by atoms with Crippen molar-refractivity contribution < 1.29 is 14.3 Å². The minimum atomic E-state index is -0.191. The zero-order chi connectivity index (χ0) is 18.6. The van der Waals surface area contributed by atoms with E-state index in [0.29, 0.717) is 24.7 Å². The highest BCUT2D eigenvalue weighted by Gasteiger charge is 2.21. The van der Waals surface area contributed by atoms with Gasteiger partial charge < -0.3 is 14.8 Å². The molecule has 1 aromatic carbocycles. The molecule has 27 heavy (non-hydrogen) atoms. The molecular formula is C19H19N3O3S2. The first kappa shape index (κ1) is 18.1. The van der Waals surface area contributed by atoms with E-state index in [0.717, 1.165) is 27.4 Å². The van der Waals surface area contributed by atoms with Gasteiger partial charge in [0, 0.05) is 10.3 Å². The summed E-state index contributed by atoms with van der Waals surface area (Å²) in [5, 5.41) is 4.78. The number of hydrogen-bond acceptors (Lipinski definition) is 7. The van der Waals surface area contributed by atoms with Gasteiger partial charge in [-0.3, -0.25) is 4.79 Å². The largest absolute Gasteiger partial charge is 0.486 e. The molecule has 0 aliphatic carbocycles. The fourth-order valence-corrected chi connectivity index (χ4v) is 4.55. The molecule has 3 heterocycles. The van der Waals surface area contributed by atoms with Gasteiger partial charge in [-0.25, -0.2) is 9.97 Å². The number of thioether (sulfide) groups is 1. The van der Waals surface area contributed by atoms with Crippen molar-refractivity contribution in [3.05, 3.63) is 41.5 Å². The predicted octanol–water partition coefficient (Wildman–Crippen LogP) is 3.30.